The standard InChI is InChI=1S/C11H18N2O/c1-8-3-4-11(14)10(7-8)9(2)13-6-5-12/h3-4,7,9,13-14H,5-6,12H2,1-2H3. The van der Waals surface area contributed by atoms with Crippen molar-refractivity contribution in [3.05, 3.63) is 29.3 Å². The predicted molar refractivity (Wildman–Crippen MR) is 58.3 cm³/mol. The van der Waals surface area contributed by atoms with Crippen molar-refractivity contribution >= 4 is 0 Å². The molecule has 0 aliphatic carbocycles. The van der Waals surface area contributed by atoms with E-state index in [2.05, 4.69) is 5.32 Å². The smallest absolute Gasteiger partial charge is 0.120 e. The Balaban J connectivity index is 2.77. The van der Waals surface area contributed by atoms with Gasteiger partial charge in [-0.25, -0.2) is 0 Å². The van der Waals surface area contributed by atoms with Gasteiger partial charge in [-0.2, -0.15) is 0 Å². The normalized spacial score (nSPS) is 12.8. The molecular formula is C11H18N2O. The maximum absolute atomic E-state index is 9.63. The van der Waals surface area contributed by atoms with Crippen LogP contribution >= 0.6 is 0 Å². The van der Waals surface area contributed by atoms with Crippen LogP contribution in [0.4, 0.5) is 0 Å². The summed E-state index contributed by atoms with van der Waals surface area (Å²) in [5.41, 5.74) is 7.48. The highest BCUT2D eigenvalue weighted by molar-refractivity contribution is 5.37. The van der Waals surface area contributed by atoms with Crippen molar-refractivity contribution in [2.75, 3.05) is 13.1 Å². The first-order valence-corrected chi connectivity index (χ1v) is 4.88. The Morgan fingerprint density at radius 2 is 2.21 bits per heavy atom. The van der Waals surface area contributed by atoms with Crippen LogP contribution in [0.25, 0.3) is 0 Å². The third-order valence-electron chi connectivity index (χ3n) is 2.24. The number of hydrogen-bond acceptors (Lipinski definition) is 3. The lowest BCUT2D eigenvalue weighted by Gasteiger charge is -2.15. The zero-order valence-electron chi connectivity index (χ0n) is 8.75. The lowest BCUT2D eigenvalue weighted by atomic mass is 10.0. The van der Waals surface area contributed by atoms with Gasteiger partial charge >= 0.3 is 0 Å². The summed E-state index contributed by atoms with van der Waals surface area (Å²) >= 11 is 0. The van der Waals surface area contributed by atoms with Gasteiger partial charge in [0.2, 0.25) is 0 Å². The zero-order valence-corrected chi connectivity index (χ0v) is 8.75. The van der Waals surface area contributed by atoms with Crippen molar-refractivity contribution in [1.29, 1.82) is 0 Å². The summed E-state index contributed by atoms with van der Waals surface area (Å²) in [5, 5.41) is 12.9. The van der Waals surface area contributed by atoms with Gasteiger partial charge in [0, 0.05) is 24.7 Å². The largest absolute Gasteiger partial charge is 0.508 e. The van der Waals surface area contributed by atoms with Crippen LogP contribution in [0.2, 0.25) is 0 Å². The number of phenolic OH excluding ortho intramolecular Hbond substituents is 1. The van der Waals surface area contributed by atoms with Crippen LogP contribution in [0.15, 0.2) is 18.2 Å². The second kappa shape index (κ2) is 4.98. The zero-order chi connectivity index (χ0) is 10.6. The van der Waals surface area contributed by atoms with Gasteiger partial charge in [0.1, 0.15) is 5.75 Å². The van der Waals surface area contributed by atoms with E-state index in [1.807, 2.05) is 26.0 Å². The van der Waals surface area contributed by atoms with E-state index < -0.39 is 0 Å². The average molecular weight is 194 g/mol. The van der Waals surface area contributed by atoms with E-state index in [4.69, 9.17) is 5.73 Å². The molecule has 0 saturated heterocycles. The maximum atomic E-state index is 9.63. The fourth-order valence-corrected chi connectivity index (χ4v) is 1.43. The van der Waals surface area contributed by atoms with E-state index in [0.29, 0.717) is 12.3 Å². The Morgan fingerprint density at radius 1 is 1.50 bits per heavy atom. The molecule has 0 saturated carbocycles. The fourth-order valence-electron chi connectivity index (χ4n) is 1.43. The molecule has 0 radical (unpaired) electrons. The maximum Gasteiger partial charge on any atom is 0.120 e. The molecule has 1 unspecified atom stereocenters. The highest BCUT2D eigenvalue weighted by Crippen LogP contribution is 2.24. The minimum Gasteiger partial charge on any atom is -0.508 e. The Kier molecular flexibility index (Phi) is 3.92. The van der Waals surface area contributed by atoms with E-state index >= 15 is 0 Å². The van der Waals surface area contributed by atoms with Crippen LogP contribution in [0, 0.1) is 6.92 Å². The molecule has 0 heterocycles. The number of hydrogen-bond donors (Lipinski definition) is 3. The molecular weight excluding hydrogens is 176 g/mol. The SMILES string of the molecule is Cc1ccc(O)c(C(C)NCCN)c1. The minimum absolute atomic E-state index is 0.137. The molecule has 0 fully saturated rings. The van der Waals surface area contributed by atoms with Gasteiger partial charge in [-0.3, -0.25) is 0 Å². The van der Waals surface area contributed by atoms with Gasteiger partial charge in [-0.15, -0.1) is 0 Å². The molecule has 3 heteroatoms. The summed E-state index contributed by atoms with van der Waals surface area (Å²) in [4.78, 5) is 0. The molecule has 3 nitrogen and oxygen atoms in total. The monoisotopic (exact) mass is 194 g/mol. The molecule has 0 spiro atoms. The summed E-state index contributed by atoms with van der Waals surface area (Å²) in [6, 6.07) is 5.75. The van der Waals surface area contributed by atoms with E-state index in [0.717, 1.165) is 17.7 Å². The summed E-state index contributed by atoms with van der Waals surface area (Å²) in [5.74, 6) is 0.340. The van der Waals surface area contributed by atoms with Crippen molar-refractivity contribution in [2.24, 2.45) is 5.73 Å². The first kappa shape index (κ1) is 11.0. The Morgan fingerprint density at radius 3 is 2.86 bits per heavy atom. The molecule has 1 atom stereocenters. The van der Waals surface area contributed by atoms with E-state index in [1.165, 1.54) is 0 Å². The molecule has 0 amide bonds. The minimum atomic E-state index is 0.137. The third kappa shape index (κ3) is 2.72. The van der Waals surface area contributed by atoms with E-state index in [1.54, 1.807) is 6.07 Å². The molecule has 1 aromatic rings. The average Bonchev–Trinajstić information content (AvgIpc) is 2.18. The molecule has 0 aliphatic heterocycles. The fraction of sp³-hybridized carbons (Fsp3) is 0.455. The number of nitrogens with one attached hydrogen (secondary N) is 1. The number of benzene rings is 1. The van der Waals surface area contributed by atoms with Crippen molar-refractivity contribution < 1.29 is 5.11 Å². The molecule has 0 bridgehead atoms. The number of aryl methyl sites for hydroxylation is 1. The molecule has 0 aromatic heterocycles. The summed E-state index contributed by atoms with van der Waals surface area (Å²) in [6.45, 7) is 5.40. The van der Waals surface area contributed by atoms with Crippen LogP contribution in [0.3, 0.4) is 0 Å². The highest BCUT2D eigenvalue weighted by atomic mass is 16.3. The summed E-state index contributed by atoms with van der Waals surface area (Å²) < 4.78 is 0. The lowest BCUT2D eigenvalue weighted by molar-refractivity contribution is 0.453. The van der Waals surface area contributed by atoms with Crippen molar-refractivity contribution in [1.82, 2.24) is 5.32 Å². The molecule has 78 valence electrons. The van der Waals surface area contributed by atoms with Crippen LogP contribution < -0.4 is 11.1 Å². The molecule has 0 aliphatic rings. The number of rotatable bonds is 4. The van der Waals surface area contributed by atoms with Crippen LogP contribution in [-0.4, -0.2) is 18.2 Å². The first-order valence-electron chi connectivity index (χ1n) is 4.88. The second-order valence-electron chi connectivity index (χ2n) is 3.53. The summed E-state index contributed by atoms with van der Waals surface area (Å²) in [6.07, 6.45) is 0. The van der Waals surface area contributed by atoms with E-state index in [9.17, 15) is 5.11 Å². The van der Waals surface area contributed by atoms with Gasteiger partial charge in [0.05, 0.1) is 0 Å². The predicted octanol–water partition coefficient (Wildman–Crippen LogP) is 1.31. The summed E-state index contributed by atoms with van der Waals surface area (Å²) in [7, 11) is 0. The molecule has 4 N–H and O–H groups in total. The Labute approximate surface area is 84.9 Å². The van der Waals surface area contributed by atoms with Crippen molar-refractivity contribution in [3.8, 4) is 5.75 Å². The number of nitrogens with two attached hydrogens (primary N) is 1. The highest BCUT2D eigenvalue weighted by Gasteiger charge is 2.08. The van der Waals surface area contributed by atoms with E-state index in [-0.39, 0.29) is 6.04 Å². The molecule has 14 heavy (non-hydrogen) atoms. The van der Waals surface area contributed by atoms with Crippen LogP contribution in [0.5, 0.6) is 5.75 Å². The second-order valence-corrected chi connectivity index (χ2v) is 3.53. The number of aromatic hydroxyl groups is 1. The first-order chi connectivity index (χ1) is 6.65. The topological polar surface area (TPSA) is 58.3 Å². The van der Waals surface area contributed by atoms with Gasteiger partial charge in [-0.05, 0) is 19.9 Å². The van der Waals surface area contributed by atoms with Crippen molar-refractivity contribution in [3.63, 3.8) is 0 Å². The van der Waals surface area contributed by atoms with Gasteiger partial charge in [0.25, 0.3) is 0 Å². The quantitative estimate of drug-likeness (QED) is 0.677. The third-order valence-corrected chi connectivity index (χ3v) is 2.24. The van der Waals surface area contributed by atoms with Gasteiger partial charge in [-0.1, -0.05) is 17.7 Å². The lowest BCUT2D eigenvalue weighted by Crippen LogP contribution is -2.25. The van der Waals surface area contributed by atoms with Gasteiger partial charge in [0.15, 0.2) is 0 Å². The molecule has 1 rings (SSSR count). The Hall–Kier alpha value is -1.06. The number of phenols is 1. The van der Waals surface area contributed by atoms with Crippen LogP contribution in [0.1, 0.15) is 24.1 Å². The van der Waals surface area contributed by atoms with Crippen LogP contribution in [-0.2, 0) is 0 Å². The molecule has 1 aromatic carbocycles. The van der Waals surface area contributed by atoms with Gasteiger partial charge < -0.3 is 16.2 Å². The Bertz CT molecular complexity index is 299. The van der Waals surface area contributed by atoms with Crippen molar-refractivity contribution in [2.45, 2.75) is 19.9 Å².